The summed E-state index contributed by atoms with van der Waals surface area (Å²) in [6.07, 6.45) is 28.7. The number of rotatable bonds is 4. The summed E-state index contributed by atoms with van der Waals surface area (Å²) in [4.78, 5) is 0. The maximum atomic E-state index is 2.69. The Morgan fingerprint density at radius 1 is 0.679 bits per heavy atom. The first-order valence-electron chi connectivity index (χ1n) is 20.0. The Kier molecular flexibility index (Phi) is 6.97. The van der Waals surface area contributed by atoms with E-state index >= 15 is 0 Å². The summed E-state index contributed by atoms with van der Waals surface area (Å²) in [5.41, 5.74) is 18.4. The van der Waals surface area contributed by atoms with Gasteiger partial charge in [-0.2, -0.15) is 0 Å². The molecular weight excluding hydrogens is 641 g/mol. The van der Waals surface area contributed by atoms with Crippen LogP contribution in [0.25, 0.3) is 61.3 Å². The van der Waals surface area contributed by atoms with E-state index in [1.165, 1.54) is 96.0 Å². The fourth-order valence-corrected chi connectivity index (χ4v) is 10.7. The van der Waals surface area contributed by atoms with E-state index in [1.807, 2.05) is 0 Å². The van der Waals surface area contributed by atoms with Crippen LogP contribution in [0.15, 0.2) is 139 Å². The maximum Gasteiger partial charge on any atom is 0.0541 e. The first-order chi connectivity index (χ1) is 26.0. The molecule has 2 aromatic heterocycles. The van der Waals surface area contributed by atoms with Gasteiger partial charge in [0.2, 0.25) is 0 Å². The third-order valence-corrected chi connectivity index (χ3v) is 13.3. The molecule has 0 saturated heterocycles. The van der Waals surface area contributed by atoms with Crippen molar-refractivity contribution < 1.29 is 0 Å². The summed E-state index contributed by atoms with van der Waals surface area (Å²) in [7, 11) is 0. The predicted molar refractivity (Wildman–Crippen MR) is 225 cm³/mol. The van der Waals surface area contributed by atoms with Crippen LogP contribution in [0.3, 0.4) is 0 Å². The molecule has 2 heterocycles. The number of nitrogens with zero attached hydrogens (tertiary/aromatic N) is 2. The molecule has 0 radical (unpaired) electrons. The summed E-state index contributed by atoms with van der Waals surface area (Å²) < 4.78 is 5.14. The Morgan fingerprint density at radius 2 is 1.51 bits per heavy atom. The average molecular weight is 687 g/mol. The monoisotopic (exact) mass is 686 g/mol. The molecule has 2 atom stereocenters. The van der Waals surface area contributed by atoms with Crippen LogP contribution in [-0.4, -0.2) is 9.13 Å². The molecule has 260 valence electrons. The van der Waals surface area contributed by atoms with E-state index in [4.69, 9.17) is 0 Å². The number of benzene rings is 4. The van der Waals surface area contributed by atoms with E-state index in [2.05, 4.69) is 157 Å². The molecule has 0 bridgehead atoms. The lowest BCUT2D eigenvalue weighted by Crippen LogP contribution is -2.20. The van der Waals surface area contributed by atoms with E-state index in [-0.39, 0.29) is 5.41 Å². The van der Waals surface area contributed by atoms with Crippen molar-refractivity contribution in [2.45, 2.75) is 76.5 Å². The van der Waals surface area contributed by atoms with Crippen LogP contribution in [0.5, 0.6) is 0 Å². The maximum absolute atomic E-state index is 2.69. The van der Waals surface area contributed by atoms with Gasteiger partial charge in [-0.05, 0) is 110 Å². The van der Waals surface area contributed by atoms with Gasteiger partial charge in [0.1, 0.15) is 0 Å². The summed E-state index contributed by atoms with van der Waals surface area (Å²) in [5.74, 6) is 0.982. The number of para-hydroxylation sites is 1. The molecule has 11 rings (SSSR count). The van der Waals surface area contributed by atoms with Crippen LogP contribution in [-0.2, 0) is 11.8 Å². The summed E-state index contributed by atoms with van der Waals surface area (Å²) in [6.45, 7) is 4.88. The molecule has 5 aliphatic rings. The molecule has 0 aliphatic heterocycles. The standard InChI is InChI=1S/C51H46N2/c1-51(2)45-20-9-6-17-39(45)40-26-23-35(31-46(40)51)33-13-12-16-38(29-33)53-47-21-10-7-18-41(47)43-27-24-36(32-50(43)53)34-25-28-49-44(30-34)42-19-8-11-22-48(42)52(49)37-14-4-3-5-15-37/h4,6-9,11,14-15,17-20,22-25,27-33,40H,3,5,10,12-13,16,21,26H2,1-2H3. The van der Waals surface area contributed by atoms with E-state index in [0.29, 0.717) is 11.8 Å². The van der Waals surface area contributed by atoms with Crippen molar-refractivity contribution >= 4 is 50.2 Å². The molecular formula is C51H46N2. The Bertz CT molecular complexity index is 2710. The largest absolute Gasteiger partial charge is 0.317 e. The first kappa shape index (κ1) is 31.2. The quantitative estimate of drug-likeness (QED) is 0.175. The van der Waals surface area contributed by atoms with E-state index in [0.717, 1.165) is 38.5 Å². The van der Waals surface area contributed by atoms with Gasteiger partial charge in [-0.25, -0.2) is 0 Å². The van der Waals surface area contributed by atoms with Gasteiger partial charge < -0.3 is 9.13 Å². The zero-order valence-electron chi connectivity index (χ0n) is 30.9. The van der Waals surface area contributed by atoms with Crippen molar-refractivity contribution in [3.05, 3.63) is 161 Å². The molecule has 0 saturated carbocycles. The second-order valence-corrected chi connectivity index (χ2v) is 16.5. The lowest BCUT2D eigenvalue weighted by molar-refractivity contribution is 0.580. The van der Waals surface area contributed by atoms with Crippen LogP contribution >= 0.6 is 0 Å². The van der Waals surface area contributed by atoms with Gasteiger partial charge in [0.25, 0.3) is 0 Å². The van der Waals surface area contributed by atoms with Crippen molar-refractivity contribution in [2.24, 2.45) is 5.92 Å². The average Bonchev–Trinajstić information content (AvgIpc) is 3.81. The van der Waals surface area contributed by atoms with Gasteiger partial charge in [-0.15, -0.1) is 0 Å². The Hall–Kier alpha value is -5.34. The topological polar surface area (TPSA) is 9.86 Å². The Morgan fingerprint density at radius 3 is 2.43 bits per heavy atom. The molecule has 6 aromatic rings. The SMILES string of the molecule is CC1(C)C2=CC(C3C=C(n4c5c(c6ccc(-c7ccc8c(c7)c7ccccc7n8C7=CCCC=C7)cc64)C=CCC5)CCC3)=CCC2c2ccccc21. The minimum atomic E-state index is 0.0859. The summed E-state index contributed by atoms with van der Waals surface area (Å²) in [6, 6.07) is 32.4. The highest BCUT2D eigenvalue weighted by Gasteiger charge is 2.42. The third kappa shape index (κ3) is 4.70. The third-order valence-electron chi connectivity index (χ3n) is 13.3. The van der Waals surface area contributed by atoms with Crippen LogP contribution in [0.2, 0.25) is 0 Å². The van der Waals surface area contributed by atoms with Gasteiger partial charge in [0.05, 0.1) is 16.6 Å². The number of fused-ring (bicyclic) bond motifs is 9. The highest BCUT2D eigenvalue weighted by Crippen LogP contribution is 2.54. The molecule has 0 spiro atoms. The molecule has 53 heavy (non-hydrogen) atoms. The highest BCUT2D eigenvalue weighted by molar-refractivity contribution is 6.12. The number of aromatic nitrogens is 2. The summed E-state index contributed by atoms with van der Waals surface area (Å²) >= 11 is 0. The second-order valence-electron chi connectivity index (χ2n) is 16.5. The van der Waals surface area contributed by atoms with E-state index in [9.17, 15) is 0 Å². The Labute approximate surface area is 312 Å². The predicted octanol–water partition coefficient (Wildman–Crippen LogP) is 13.5. The first-order valence-corrected chi connectivity index (χ1v) is 20.0. The van der Waals surface area contributed by atoms with E-state index in [1.54, 1.807) is 5.57 Å². The molecule has 0 amide bonds. The minimum Gasteiger partial charge on any atom is -0.317 e. The molecule has 5 aliphatic carbocycles. The van der Waals surface area contributed by atoms with Gasteiger partial charge in [-0.1, -0.05) is 123 Å². The Balaban J connectivity index is 1.01. The van der Waals surface area contributed by atoms with Crippen molar-refractivity contribution in [1.29, 1.82) is 0 Å². The number of hydrogen-bond acceptors (Lipinski definition) is 0. The minimum absolute atomic E-state index is 0.0859. The lowest BCUT2D eigenvalue weighted by Gasteiger charge is -2.31. The van der Waals surface area contributed by atoms with Crippen LogP contribution in [0.4, 0.5) is 0 Å². The van der Waals surface area contributed by atoms with Crippen LogP contribution in [0, 0.1) is 5.92 Å². The number of hydrogen-bond donors (Lipinski definition) is 0. The van der Waals surface area contributed by atoms with Crippen molar-refractivity contribution in [3.63, 3.8) is 0 Å². The smallest absolute Gasteiger partial charge is 0.0541 e. The zero-order valence-corrected chi connectivity index (χ0v) is 30.9. The highest BCUT2D eigenvalue weighted by atomic mass is 15.0. The second kappa shape index (κ2) is 11.8. The normalized spacial score (nSPS) is 21.6. The molecule has 2 nitrogen and oxygen atoms in total. The van der Waals surface area contributed by atoms with Crippen molar-refractivity contribution in [1.82, 2.24) is 9.13 Å². The molecule has 0 fully saturated rings. The molecule has 0 N–H and O–H groups in total. The molecule has 2 unspecified atom stereocenters. The summed E-state index contributed by atoms with van der Waals surface area (Å²) in [5, 5.41) is 4.01. The lowest BCUT2D eigenvalue weighted by atomic mass is 9.74. The fourth-order valence-electron chi connectivity index (χ4n) is 10.7. The van der Waals surface area contributed by atoms with Crippen molar-refractivity contribution in [3.8, 4) is 11.1 Å². The van der Waals surface area contributed by atoms with Crippen molar-refractivity contribution in [2.75, 3.05) is 0 Å². The van der Waals surface area contributed by atoms with Gasteiger partial charge in [0.15, 0.2) is 0 Å². The van der Waals surface area contributed by atoms with Gasteiger partial charge in [-0.3, -0.25) is 0 Å². The number of allylic oxidation sites excluding steroid dienone is 11. The van der Waals surface area contributed by atoms with Gasteiger partial charge in [0, 0.05) is 56.1 Å². The molecule has 2 heteroatoms. The van der Waals surface area contributed by atoms with Gasteiger partial charge >= 0.3 is 0 Å². The van der Waals surface area contributed by atoms with E-state index < -0.39 is 0 Å². The van der Waals surface area contributed by atoms with Crippen LogP contribution < -0.4 is 0 Å². The molecule has 4 aromatic carbocycles. The zero-order chi connectivity index (χ0) is 35.3. The fraction of sp³-hybridized carbons (Fsp3) is 0.255. The van der Waals surface area contributed by atoms with Crippen LogP contribution in [0.1, 0.15) is 87.1 Å².